The monoisotopic (exact) mass is 234 g/mol. The summed E-state index contributed by atoms with van der Waals surface area (Å²) in [7, 11) is 0. The van der Waals surface area contributed by atoms with Crippen molar-refractivity contribution >= 4 is 0 Å². The second-order valence-electron chi connectivity index (χ2n) is 3.46. The molecular formula is C10H13F3N2O. The van der Waals surface area contributed by atoms with Crippen LogP contribution in [0.2, 0.25) is 0 Å². The van der Waals surface area contributed by atoms with Gasteiger partial charge in [-0.05, 0) is 19.1 Å². The van der Waals surface area contributed by atoms with Crippen LogP contribution in [0.5, 0.6) is 0 Å². The van der Waals surface area contributed by atoms with E-state index in [1.807, 2.05) is 0 Å². The molecule has 1 rings (SSSR count). The van der Waals surface area contributed by atoms with E-state index >= 15 is 0 Å². The quantitative estimate of drug-likeness (QED) is 0.827. The van der Waals surface area contributed by atoms with Gasteiger partial charge in [-0.15, -0.1) is 0 Å². The molecule has 1 aromatic rings. The Morgan fingerprint density at radius 3 is 2.69 bits per heavy atom. The molecule has 3 nitrogen and oxygen atoms in total. The lowest BCUT2D eigenvalue weighted by Gasteiger charge is -2.14. The summed E-state index contributed by atoms with van der Waals surface area (Å²) in [5, 5.41) is 11.2. The Balaban J connectivity index is 2.36. The number of hydrogen-bond acceptors (Lipinski definition) is 3. The molecule has 0 aliphatic rings. The molecule has 0 amide bonds. The smallest absolute Gasteiger partial charge is 0.382 e. The van der Waals surface area contributed by atoms with Crippen molar-refractivity contribution in [3.63, 3.8) is 0 Å². The maximum atomic E-state index is 11.9. The van der Waals surface area contributed by atoms with Gasteiger partial charge in [0.05, 0.1) is 5.69 Å². The first kappa shape index (κ1) is 12.9. The standard InChI is InChI=1S/C10H13F3N2O/c1-7-3-2-4-8(15-7)5-14-6-9(16)10(11,12)13/h2-4,9,14,16H,5-6H2,1H3. The molecule has 2 N–H and O–H groups in total. The molecule has 0 aromatic carbocycles. The van der Waals surface area contributed by atoms with Crippen LogP contribution in [-0.2, 0) is 6.54 Å². The molecule has 16 heavy (non-hydrogen) atoms. The van der Waals surface area contributed by atoms with Crippen LogP contribution in [0.25, 0.3) is 0 Å². The van der Waals surface area contributed by atoms with Crippen molar-refractivity contribution in [1.82, 2.24) is 10.3 Å². The third kappa shape index (κ3) is 4.16. The molecule has 0 saturated heterocycles. The number of hydrogen-bond donors (Lipinski definition) is 2. The van der Waals surface area contributed by atoms with Crippen molar-refractivity contribution in [1.29, 1.82) is 0 Å². The van der Waals surface area contributed by atoms with Crippen LogP contribution in [0.15, 0.2) is 18.2 Å². The zero-order chi connectivity index (χ0) is 12.2. The number of pyridine rings is 1. The number of aliphatic hydroxyl groups excluding tert-OH is 1. The van der Waals surface area contributed by atoms with Gasteiger partial charge in [-0.2, -0.15) is 13.2 Å². The normalized spacial score (nSPS) is 13.8. The minimum Gasteiger partial charge on any atom is -0.382 e. The highest BCUT2D eigenvalue weighted by atomic mass is 19.4. The number of nitrogens with one attached hydrogen (secondary N) is 1. The lowest BCUT2D eigenvalue weighted by atomic mass is 10.3. The predicted octanol–water partition coefficient (Wildman–Crippen LogP) is 1.40. The van der Waals surface area contributed by atoms with Gasteiger partial charge in [-0.25, -0.2) is 0 Å². The topological polar surface area (TPSA) is 45.1 Å². The third-order valence-corrected chi connectivity index (χ3v) is 1.97. The fourth-order valence-electron chi connectivity index (χ4n) is 1.15. The molecule has 6 heteroatoms. The van der Waals surface area contributed by atoms with E-state index in [-0.39, 0.29) is 6.54 Å². The summed E-state index contributed by atoms with van der Waals surface area (Å²) in [5.74, 6) is 0. The van der Waals surface area contributed by atoms with Crippen LogP contribution in [0.3, 0.4) is 0 Å². The van der Waals surface area contributed by atoms with Crippen molar-refractivity contribution in [2.45, 2.75) is 25.7 Å². The van der Waals surface area contributed by atoms with E-state index in [1.54, 1.807) is 25.1 Å². The van der Waals surface area contributed by atoms with Crippen LogP contribution >= 0.6 is 0 Å². The molecule has 1 unspecified atom stereocenters. The molecule has 0 fully saturated rings. The summed E-state index contributed by atoms with van der Waals surface area (Å²) in [6.07, 6.45) is -6.91. The van der Waals surface area contributed by atoms with Crippen LogP contribution < -0.4 is 5.32 Å². The second kappa shape index (κ2) is 5.27. The zero-order valence-electron chi connectivity index (χ0n) is 8.75. The third-order valence-electron chi connectivity index (χ3n) is 1.97. The average molecular weight is 234 g/mol. The van der Waals surface area contributed by atoms with Crippen LogP contribution in [0.4, 0.5) is 13.2 Å². The van der Waals surface area contributed by atoms with Gasteiger partial charge in [0.25, 0.3) is 0 Å². The average Bonchev–Trinajstić information content (AvgIpc) is 2.16. The lowest BCUT2D eigenvalue weighted by Crippen LogP contribution is -2.38. The molecular weight excluding hydrogens is 221 g/mol. The zero-order valence-corrected chi connectivity index (χ0v) is 8.75. The number of aryl methyl sites for hydroxylation is 1. The van der Waals surface area contributed by atoms with Gasteiger partial charge in [0.1, 0.15) is 0 Å². The maximum absolute atomic E-state index is 11.9. The molecule has 0 bridgehead atoms. The summed E-state index contributed by atoms with van der Waals surface area (Å²) < 4.78 is 35.8. The molecule has 0 radical (unpaired) electrons. The minimum absolute atomic E-state index is 0.203. The van der Waals surface area contributed by atoms with E-state index in [9.17, 15) is 13.2 Å². The Morgan fingerprint density at radius 2 is 2.12 bits per heavy atom. The molecule has 0 saturated carbocycles. The highest BCUT2D eigenvalue weighted by Crippen LogP contribution is 2.19. The first-order chi connectivity index (χ1) is 7.39. The Bertz CT molecular complexity index is 341. The van der Waals surface area contributed by atoms with Gasteiger partial charge in [-0.3, -0.25) is 4.98 Å². The van der Waals surface area contributed by atoms with E-state index in [4.69, 9.17) is 5.11 Å². The number of nitrogens with zero attached hydrogens (tertiary/aromatic N) is 1. The maximum Gasteiger partial charge on any atom is 0.415 e. The number of alkyl halides is 3. The Kier molecular flexibility index (Phi) is 4.26. The van der Waals surface area contributed by atoms with Gasteiger partial charge >= 0.3 is 6.18 Å². The molecule has 1 heterocycles. The van der Waals surface area contributed by atoms with E-state index in [2.05, 4.69) is 10.3 Å². The van der Waals surface area contributed by atoms with Gasteiger partial charge in [0, 0.05) is 18.8 Å². The van der Waals surface area contributed by atoms with E-state index in [0.717, 1.165) is 5.69 Å². The minimum atomic E-state index is -4.58. The van der Waals surface area contributed by atoms with Crippen LogP contribution in [0, 0.1) is 6.92 Å². The number of rotatable bonds is 4. The van der Waals surface area contributed by atoms with Crippen LogP contribution in [0.1, 0.15) is 11.4 Å². The summed E-state index contributed by atoms with van der Waals surface area (Å²) >= 11 is 0. The summed E-state index contributed by atoms with van der Waals surface area (Å²) in [6, 6.07) is 5.29. The lowest BCUT2D eigenvalue weighted by molar-refractivity contribution is -0.201. The van der Waals surface area contributed by atoms with Crippen molar-refractivity contribution in [2.75, 3.05) is 6.54 Å². The fourth-order valence-corrected chi connectivity index (χ4v) is 1.15. The van der Waals surface area contributed by atoms with Crippen LogP contribution in [-0.4, -0.2) is 28.9 Å². The van der Waals surface area contributed by atoms with Gasteiger partial charge < -0.3 is 10.4 Å². The summed E-state index contributed by atoms with van der Waals surface area (Å²) in [6.45, 7) is 1.47. The highest BCUT2D eigenvalue weighted by molar-refractivity contribution is 5.09. The summed E-state index contributed by atoms with van der Waals surface area (Å²) in [4.78, 5) is 4.11. The Hall–Kier alpha value is -1.14. The number of aliphatic hydroxyl groups is 1. The largest absolute Gasteiger partial charge is 0.415 e. The predicted molar refractivity (Wildman–Crippen MR) is 52.7 cm³/mol. The van der Waals surface area contributed by atoms with E-state index in [0.29, 0.717) is 5.69 Å². The first-order valence-corrected chi connectivity index (χ1v) is 4.77. The van der Waals surface area contributed by atoms with Crippen molar-refractivity contribution < 1.29 is 18.3 Å². The van der Waals surface area contributed by atoms with Crippen molar-refractivity contribution in [2.24, 2.45) is 0 Å². The van der Waals surface area contributed by atoms with E-state index in [1.165, 1.54) is 0 Å². The fraction of sp³-hybridized carbons (Fsp3) is 0.500. The number of aromatic nitrogens is 1. The van der Waals surface area contributed by atoms with Crippen molar-refractivity contribution in [3.05, 3.63) is 29.6 Å². The molecule has 0 aliphatic heterocycles. The number of halogens is 3. The van der Waals surface area contributed by atoms with Gasteiger partial charge in [-0.1, -0.05) is 6.07 Å². The van der Waals surface area contributed by atoms with Gasteiger partial charge in [0.2, 0.25) is 0 Å². The molecule has 1 aromatic heterocycles. The second-order valence-corrected chi connectivity index (χ2v) is 3.46. The highest BCUT2D eigenvalue weighted by Gasteiger charge is 2.37. The van der Waals surface area contributed by atoms with E-state index < -0.39 is 18.8 Å². The van der Waals surface area contributed by atoms with Gasteiger partial charge in [0.15, 0.2) is 6.10 Å². The summed E-state index contributed by atoms with van der Waals surface area (Å²) in [5.41, 5.74) is 1.45. The Labute approximate surface area is 91.3 Å². The van der Waals surface area contributed by atoms with Crippen molar-refractivity contribution in [3.8, 4) is 0 Å². The molecule has 90 valence electrons. The molecule has 0 aliphatic carbocycles. The molecule has 1 atom stereocenters. The SMILES string of the molecule is Cc1cccc(CNCC(O)C(F)(F)F)n1. The molecule has 0 spiro atoms. The first-order valence-electron chi connectivity index (χ1n) is 4.77. The Morgan fingerprint density at radius 1 is 1.44 bits per heavy atom.